The molecule has 1 aromatic heterocycles. The van der Waals surface area contributed by atoms with Crippen molar-refractivity contribution in [2.45, 2.75) is 13.3 Å². The first-order chi connectivity index (χ1) is 6.65. The van der Waals surface area contributed by atoms with E-state index in [0.717, 1.165) is 13.0 Å². The van der Waals surface area contributed by atoms with Gasteiger partial charge >= 0.3 is 5.97 Å². The van der Waals surface area contributed by atoms with Crippen LogP contribution in [-0.2, 0) is 0 Å². The van der Waals surface area contributed by atoms with Crippen molar-refractivity contribution in [3.05, 3.63) is 22.8 Å². The zero-order valence-corrected chi connectivity index (χ0v) is 8.51. The van der Waals surface area contributed by atoms with Gasteiger partial charge in [-0.25, -0.2) is 9.78 Å². The highest BCUT2D eigenvalue weighted by Gasteiger charge is 2.10. The number of carboxylic acid groups (broad SMARTS) is 1. The Kier molecular flexibility index (Phi) is 3.71. The molecule has 0 saturated carbocycles. The molecule has 14 heavy (non-hydrogen) atoms. The molecule has 0 unspecified atom stereocenters. The largest absolute Gasteiger partial charge is 0.476 e. The Balaban J connectivity index is 2.89. The second-order valence-electron chi connectivity index (χ2n) is 2.76. The highest BCUT2D eigenvalue weighted by atomic mass is 35.5. The van der Waals surface area contributed by atoms with Crippen molar-refractivity contribution < 1.29 is 9.90 Å². The van der Waals surface area contributed by atoms with Crippen molar-refractivity contribution in [1.82, 2.24) is 4.98 Å². The molecule has 5 heteroatoms. The second kappa shape index (κ2) is 4.81. The molecule has 76 valence electrons. The van der Waals surface area contributed by atoms with Crippen LogP contribution < -0.4 is 5.32 Å². The fraction of sp³-hybridized carbons (Fsp3) is 0.333. The van der Waals surface area contributed by atoms with E-state index < -0.39 is 5.97 Å². The standard InChI is InChI=1S/C9H11ClN2O2/c1-2-5-11-7-4-3-6(10)8(12-7)9(13)14/h3-4H,2,5H2,1H3,(H,11,12)(H,13,14). The van der Waals surface area contributed by atoms with Gasteiger partial charge in [-0.3, -0.25) is 0 Å². The van der Waals surface area contributed by atoms with Crippen molar-refractivity contribution in [2.24, 2.45) is 0 Å². The first kappa shape index (κ1) is 10.8. The van der Waals surface area contributed by atoms with Gasteiger partial charge in [0.25, 0.3) is 0 Å². The van der Waals surface area contributed by atoms with Gasteiger partial charge in [0.2, 0.25) is 0 Å². The number of nitrogens with zero attached hydrogens (tertiary/aromatic N) is 1. The van der Waals surface area contributed by atoms with E-state index >= 15 is 0 Å². The molecule has 0 amide bonds. The van der Waals surface area contributed by atoms with Crippen LogP contribution in [-0.4, -0.2) is 22.6 Å². The lowest BCUT2D eigenvalue weighted by Gasteiger charge is -2.05. The van der Waals surface area contributed by atoms with Crippen molar-refractivity contribution in [1.29, 1.82) is 0 Å². The molecular weight excluding hydrogens is 204 g/mol. The minimum atomic E-state index is -1.12. The van der Waals surface area contributed by atoms with Gasteiger partial charge in [0.1, 0.15) is 5.82 Å². The molecule has 0 spiro atoms. The molecule has 2 N–H and O–H groups in total. The predicted octanol–water partition coefficient (Wildman–Crippen LogP) is 2.26. The van der Waals surface area contributed by atoms with E-state index in [1.807, 2.05) is 6.92 Å². The maximum Gasteiger partial charge on any atom is 0.356 e. The summed E-state index contributed by atoms with van der Waals surface area (Å²) in [5.41, 5.74) is -0.118. The number of anilines is 1. The van der Waals surface area contributed by atoms with Crippen LogP contribution >= 0.6 is 11.6 Å². The lowest BCUT2D eigenvalue weighted by atomic mass is 10.3. The summed E-state index contributed by atoms with van der Waals surface area (Å²) in [5, 5.41) is 11.9. The Morgan fingerprint density at radius 2 is 2.36 bits per heavy atom. The van der Waals surface area contributed by atoms with E-state index in [4.69, 9.17) is 16.7 Å². The third-order valence-corrected chi connectivity index (χ3v) is 1.91. The first-order valence-electron chi connectivity index (χ1n) is 4.29. The summed E-state index contributed by atoms with van der Waals surface area (Å²) in [4.78, 5) is 14.5. The quantitative estimate of drug-likeness (QED) is 0.807. The van der Waals surface area contributed by atoms with Crippen LogP contribution in [0.3, 0.4) is 0 Å². The summed E-state index contributed by atoms with van der Waals surface area (Å²) in [6, 6.07) is 3.18. The molecule has 0 aromatic carbocycles. The second-order valence-corrected chi connectivity index (χ2v) is 3.17. The van der Waals surface area contributed by atoms with Crippen molar-refractivity contribution in [3.8, 4) is 0 Å². The van der Waals surface area contributed by atoms with E-state index in [9.17, 15) is 4.79 Å². The number of rotatable bonds is 4. The van der Waals surface area contributed by atoms with Gasteiger partial charge in [-0.1, -0.05) is 18.5 Å². The van der Waals surface area contributed by atoms with Gasteiger partial charge in [-0.05, 0) is 18.6 Å². The van der Waals surface area contributed by atoms with Crippen LogP contribution in [0.15, 0.2) is 12.1 Å². The van der Waals surface area contributed by atoms with E-state index in [-0.39, 0.29) is 10.7 Å². The topological polar surface area (TPSA) is 62.2 Å². The minimum Gasteiger partial charge on any atom is -0.476 e. The third-order valence-electron chi connectivity index (χ3n) is 1.60. The molecule has 1 heterocycles. The van der Waals surface area contributed by atoms with E-state index in [0.29, 0.717) is 5.82 Å². The van der Waals surface area contributed by atoms with Crippen molar-refractivity contribution >= 4 is 23.4 Å². The smallest absolute Gasteiger partial charge is 0.356 e. The highest BCUT2D eigenvalue weighted by molar-refractivity contribution is 6.33. The van der Waals surface area contributed by atoms with Gasteiger partial charge < -0.3 is 10.4 Å². The summed E-state index contributed by atoms with van der Waals surface area (Å²) in [5.74, 6) is -0.580. The van der Waals surface area contributed by atoms with Crippen LogP contribution in [0.2, 0.25) is 5.02 Å². The summed E-state index contributed by atoms with van der Waals surface area (Å²) in [7, 11) is 0. The number of aromatic carboxylic acids is 1. The number of halogens is 1. The summed E-state index contributed by atoms with van der Waals surface area (Å²) in [6.45, 7) is 2.77. The molecule has 0 aliphatic carbocycles. The van der Waals surface area contributed by atoms with E-state index in [1.165, 1.54) is 6.07 Å². The molecule has 4 nitrogen and oxygen atoms in total. The fourth-order valence-corrected chi connectivity index (χ4v) is 1.13. The molecule has 0 aliphatic rings. The maximum absolute atomic E-state index is 10.7. The van der Waals surface area contributed by atoms with Crippen LogP contribution in [0.5, 0.6) is 0 Å². The van der Waals surface area contributed by atoms with Crippen LogP contribution in [0, 0.1) is 0 Å². The minimum absolute atomic E-state index is 0.118. The van der Waals surface area contributed by atoms with Crippen LogP contribution in [0.4, 0.5) is 5.82 Å². The average molecular weight is 215 g/mol. The third kappa shape index (κ3) is 2.60. The normalized spacial score (nSPS) is 9.86. The Bertz CT molecular complexity index is 342. The molecule has 0 bridgehead atoms. The number of carbonyl (C=O) groups is 1. The van der Waals surface area contributed by atoms with Crippen molar-refractivity contribution in [3.63, 3.8) is 0 Å². The number of nitrogens with one attached hydrogen (secondary N) is 1. The highest BCUT2D eigenvalue weighted by Crippen LogP contribution is 2.16. The zero-order chi connectivity index (χ0) is 10.6. The van der Waals surface area contributed by atoms with Gasteiger partial charge in [0.15, 0.2) is 5.69 Å². The van der Waals surface area contributed by atoms with E-state index in [1.54, 1.807) is 6.07 Å². The molecule has 1 rings (SSSR count). The van der Waals surface area contributed by atoms with Gasteiger partial charge in [-0.15, -0.1) is 0 Å². The van der Waals surface area contributed by atoms with Gasteiger partial charge in [-0.2, -0.15) is 0 Å². The Morgan fingerprint density at radius 3 is 2.93 bits per heavy atom. The molecule has 0 fully saturated rings. The molecule has 1 aromatic rings. The fourth-order valence-electron chi connectivity index (χ4n) is 0.944. The van der Waals surface area contributed by atoms with E-state index in [2.05, 4.69) is 10.3 Å². The van der Waals surface area contributed by atoms with Gasteiger partial charge in [0.05, 0.1) is 5.02 Å². The van der Waals surface area contributed by atoms with Crippen LogP contribution in [0.1, 0.15) is 23.8 Å². The molecular formula is C9H11ClN2O2. The molecule has 0 saturated heterocycles. The lowest BCUT2D eigenvalue weighted by Crippen LogP contribution is -2.07. The number of aromatic nitrogens is 1. The monoisotopic (exact) mass is 214 g/mol. The summed E-state index contributed by atoms with van der Waals surface area (Å²) >= 11 is 5.65. The lowest BCUT2D eigenvalue weighted by molar-refractivity contribution is 0.0691. The number of hydrogen-bond acceptors (Lipinski definition) is 3. The SMILES string of the molecule is CCCNc1ccc(Cl)c(C(=O)O)n1. The Morgan fingerprint density at radius 1 is 1.64 bits per heavy atom. The number of carboxylic acids is 1. The molecule has 0 atom stereocenters. The summed E-state index contributed by atoms with van der Waals surface area (Å²) < 4.78 is 0. The summed E-state index contributed by atoms with van der Waals surface area (Å²) in [6.07, 6.45) is 0.951. The number of pyridine rings is 1. The maximum atomic E-state index is 10.7. The predicted molar refractivity (Wildman–Crippen MR) is 55.0 cm³/mol. The first-order valence-corrected chi connectivity index (χ1v) is 4.66. The molecule has 0 radical (unpaired) electrons. The zero-order valence-electron chi connectivity index (χ0n) is 7.75. The number of hydrogen-bond donors (Lipinski definition) is 2. The Hall–Kier alpha value is -1.29. The Labute approximate surface area is 86.9 Å². The molecule has 0 aliphatic heterocycles. The average Bonchev–Trinajstić information content (AvgIpc) is 2.16. The van der Waals surface area contributed by atoms with Crippen molar-refractivity contribution in [2.75, 3.05) is 11.9 Å². The van der Waals surface area contributed by atoms with Gasteiger partial charge in [0, 0.05) is 6.54 Å². The van der Waals surface area contributed by atoms with Crippen LogP contribution in [0.25, 0.3) is 0 Å².